The van der Waals surface area contributed by atoms with E-state index in [-0.39, 0.29) is 18.1 Å². The third kappa shape index (κ3) is 3.12. The first-order valence-electron chi connectivity index (χ1n) is 5.96. The molecule has 0 radical (unpaired) electrons. The van der Waals surface area contributed by atoms with Gasteiger partial charge in [0.1, 0.15) is 24.0 Å². The van der Waals surface area contributed by atoms with Gasteiger partial charge >= 0.3 is 0 Å². The van der Waals surface area contributed by atoms with Gasteiger partial charge in [0.15, 0.2) is 0 Å². The largest absolute Gasteiger partial charge is 0.488 e. The van der Waals surface area contributed by atoms with Gasteiger partial charge in [-0.25, -0.2) is 8.78 Å². The molecular weight excluding hydrogens is 264 g/mol. The van der Waals surface area contributed by atoms with E-state index < -0.39 is 11.6 Å². The lowest BCUT2D eigenvalue weighted by atomic mass is 10.1. The Morgan fingerprint density at radius 3 is 2.65 bits per heavy atom. The topological polar surface area (TPSA) is 41.8 Å². The number of nitrogens with zero attached hydrogens (tertiary/aromatic N) is 1. The number of hydrogen-bond donors (Lipinski definition) is 1. The van der Waals surface area contributed by atoms with Crippen LogP contribution >= 0.6 is 0 Å². The maximum atomic E-state index is 13.5. The summed E-state index contributed by atoms with van der Waals surface area (Å²) in [5.41, 5.74) is 1.10. The fraction of sp³-hybridized carbons (Fsp3) is 0.133. The minimum absolute atomic E-state index is 0.0398. The van der Waals surface area contributed by atoms with Crippen molar-refractivity contribution < 1.29 is 18.7 Å². The Labute approximate surface area is 115 Å². The second-order valence-corrected chi connectivity index (χ2v) is 4.21. The summed E-state index contributed by atoms with van der Waals surface area (Å²) < 4.78 is 32.2. The molecule has 0 aliphatic carbocycles. The number of rotatable bonds is 4. The summed E-state index contributed by atoms with van der Waals surface area (Å²) in [5, 5.41) is 11.9. The van der Waals surface area contributed by atoms with Crippen LogP contribution in [0.1, 0.15) is 18.1 Å². The summed E-state index contributed by atoms with van der Waals surface area (Å²) in [4.78, 5) is 0. The SMILES string of the molecule is CC(=NO)c1ccc(F)cc1OCc1ccccc1F. The third-order valence-corrected chi connectivity index (χ3v) is 2.82. The lowest BCUT2D eigenvalue weighted by Gasteiger charge is -2.11. The van der Waals surface area contributed by atoms with Crippen molar-refractivity contribution in [2.45, 2.75) is 13.5 Å². The first-order valence-corrected chi connectivity index (χ1v) is 5.96. The minimum Gasteiger partial charge on any atom is -0.488 e. The highest BCUT2D eigenvalue weighted by atomic mass is 19.1. The summed E-state index contributed by atoms with van der Waals surface area (Å²) in [7, 11) is 0. The van der Waals surface area contributed by atoms with Crippen LogP contribution in [0.15, 0.2) is 47.6 Å². The molecule has 0 aliphatic heterocycles. The highest BCUT2D eigenvalue weighted by Gasteiger charge is 2.10. The normalized spacial score (nSPS) is 11.4. The van der Waals surface area contributed by atoms with Crippen LogP contribution in [0.3, 0.4) is 0 Å². The molecule has 0 aromatic heterocycles. The third-order valence-electron chi connectivity index (χ3n) is 2.82. The molecule has 0 saturated heterocycles. The molecule has 0 unspecified atom stereocenters. The Bertz CT molecular complexity index is 642. The smallest absolute Gasteiger partial charge is 0.131 e. The first kappa shape index (κ1) is 14.0. The maximum Gasteiger partial charge on any atom is 0.131 e. The standard InChI is InChI=1S/C15H13F2NO2/c1-10(18-19)13-7-6-12(16)8-15(13)20-9-11-4-2-3-5-14(11)17/h2-8,19H,9H2,1H3. The van der Waals surface area contributed by atoms with Crippen LogP contribution in [0.2, 0.25) is 0 Å². The fourth-order valence-corrected chi connectivity index (χ4v) is 1.74. The van der Waals surface area contributed by atoms with E-state index in [0.717, 1.165) is 0 Å². The highest BCUT2D eigenvalue weighted by molar-refractivity contribution is 6.00. The summed E-state index contributed by atoms with van der Waals surface area (Å²) >= 11 is 0. The van der Waals surface area contributed by atoms with Crippen LogP contribution in [-0.4, -0.2) is 10.9 Å². The van der Waals surface area contributed by atoms with E-state index in [1.165, 1.54) is 24.3 Å². The average molecular weight is 277 g/mol. The Morgan fingerprint density at radius 2 is 1.95 bits per heavy atom. The molecule has 1 N–H and O–H groups in total. The Hall–Kier alpha value is -2.43. The molecule has 0 heterocycles. The molecular formula is C15H13F2NO2. The van der Waals surface area contributed by atoms with E-state index in [1.807, 2.05) is 0 Å². The van der Waals surface area contributed by atoms with Gasteiger partial charge in [-0.15, -0.1) is 0 Å². The second kappa shape index (κ2) is 6.14. The monoisotopic (exact) mass is 277 g/mol. The van der Waals surface area contributed by atoms with E-state index in [9.17, 15) is 8.78 Å². The first-order chi connectivity index (χ1) is 9.61. The number of benzene rings is 2. The van der Waals surface area contributed by atoms with Crippen molar-refractivity contribution in [1.29, 1.82) is 0 Å². The van der Waals surface area contributed by atoms with Crippen LogP contribution < -0.4 is 4.74 Å². The van der Waals surface area contributed by atoms with Crippen molar-refractivity contribution in [2.24, 2.45) is 5.16 Å². The van der Waals surface area contributed by atoms with E-state index in [2.05, 4.69) is 5.16 Å². The molecule has 0 atom stereocenters. The van der Waals surface area contributed by atoms with Crippen molar-refractivity contribution in [1.82, 2.24) is 0 Å². The molecule has 2 aromatic rings. The summed E-state index contributed by atoms with van der Waals surface area (Å²) in [6.45, 7) is 1.52. The molecule has 3 nitrogen and oxygen atoms in total. The van der Waals surface area contributed by atoms with Gasteiger partial charge < -0.3 is 9.94 Å². The van der Waals surface area contributed by atoms with Crippen LogP contribution in [0.4, 0.5) is 8.78 Å². The lowest BCUT2D eigenvalue weighted by molar-refractivity contribution is 0.296. The zero-order valence-electron chi connectivity index (χ0n) is 10.8. The lowest BCUT2D eigenvalue weighted by Crippen LogP contribution is -2.04. The summed E-state index contributed by atoms with van der Waals surface area (Å²) in [6, 6.07) is 10.0. The van der Waals surface area contributed by atoms with Gasteiger partial charge in [0.25, 0.3) is 0 Å². The van der Waals surface area contributed by atoms with Crippen LogP contribution in [-0.2, 0) is 6.61 Å². The molecule has 20 heavy (non-hydrogen) atoms. The number of halogens is 2. The molecule has 0 bridgehead atoms. The molecule has 0 spiro atoms. The molecule has 2 rings (SSSR count). The zero-order valence-corrected chi connectivity index (χ0v) is 10.8. The number of ether oxygens (including phenoxy) is 1. The molecule has 104 valence electrons. The van der Waals surface area contributed by atoms with E-state index in [1.54, 1.807) is 25.1 Å². The van der Waals surface area contributed by atoms with Crippen LogP contribution in [0, 0.1) is 11.6 Å². The van der Waals surface area contributed by atoms with Gasteiger partial charge in [0.2, 0.25) is 0 Å². The van der Waals surface area contributed by atoms with Crippen molar-refractivity contribution >= 4 is 5.71 Å². The van der Waals surface area contributed by atoms with Crippen molar-refractivity contribution in [3.05, 3.63) is 65.2 Å². The van der Waals surface area contributed by atoms with E-state index in [4.69, 9.17) is 9.94 Å². The van der Waals surface area contributed by atoms with Gasteiger partial charge in [-0.1, -0.05) is 23.4 Å². The van der Waals surface area contributed by atoms with Crippen LogP contribution in [0.25, 0.3) is 0 Å². The molecule has 5 heteroatoms. The van der Waals surface area contributed by atoms with Gasteiger partial charge in [0.05, 0.1) is 5.71 Å². The van der Waals surface area contributed by atoms with Crippen molar-refractivity contribution in [3.63, 3.8) is 0 Å². The molecule has 0 amide bonds. The summed E-state index contributed by atoms with van der Waals surface area (Å²) in [6.07, 6.45) is 0. The quantitative estimate of drug-likeness (QED) is 0.525. The Morgan fingerprint density at radius 1 is 1.20 bits per heavy atom. The van der Waals surface area contributed by atoms with Gasteiger partial charge in [0, 0.05) is 17.2 Å². The summed E-state index contributed by atoms with van der Waals surface area (Å²) in [5.74, 6) is -0.676. The van der Waals surface area contributed by atoms with Crippen molar-refractivity contribution in [3.8, 4) is 5.75 Å². The highest BCUT2D eigenvalue weighted by Crippen LogP contribution is 2.22. The number of hydrogen-bond acceptors (Lipinski definition) is 3. The van der Waals surface area contributed by atoms with E-state index in [0.29, 0.717) is 11.1 Å². The van der Waals surface area contributed by atoms with Gasteiger partial charge in [-0.2, -0.15) is 0 Å². The van der Waals surface area contributed by atoms with Gasteiger partial charge in [-0.05, 0) is 25.1 Å². The second-order valence-electron chi connectivity index (χ2n) is 4.21. The Kier molecular flexibility index (Phi) is 4.30. The maximum absolute atomic E-state index is 13.5. The zero-order chi connectivity index (χ0) is 14.5. The number of oxime groups is 1. The molecule has 0 fully saturated rings. The average Bonchev–Trinajstić information content (AvgIpc) is 2.46. The Balaban J connectivity index is 2.25. The van der Waals surface area contributed by atoms with Crippen molar-refractivity contribution in [2.75, 3.05) is 0 Å². The van der Waals surface area contributed by atoms with Gasteiger partial charge in [-0.3, -0.25) is 0 Å². The molecule has 0 aliphatic rings. The predicted molar refractivity (Wildman–Crippen MR) is 71.1 cm³/mol. The molecule has 0 saturated carbocycles. The van der Waals surface area contributed by atoms with E-state index >= 15 is 0 Å². The fourth-order valence-electron chi connectivity index (χ4n) is 1.74. The predicted octanol–water partition coefficient (Wildman–Crippen LogP) is 3.74. The minimum atomic E-state index is -0.483. The molecule has 2 aromatic carbocycles. The van der Waals surface area contributed by atoms with Crippen LogP contribution in [0.5, 0.6) is 5.75 Å².